The van der Waals surface area contributed by atoms with E-state index in [-0.39, 0.29) is 17.0 Å². The van der Waals surface area contributed by atoms with Gasteiger partial charge in [0, 0.05) is 11.4 Å². The van der Waals surface area contributed by atoms with E-state index in [2.05, 4.69) is 0 Å². The zero-order valence-corrected chi connectivity index (χ0v) is 8.73. The summed E-state index contributed by atoms with van der Waals surface area (Å²) in [5, 5.41) is 9.13. The summed E-state index contributed by atoms with van der Waals surface area (Å²) < 4.78 is 37.6. The van der Waals surface area contributed by atoms with Crippen LogP contribution < -0.4 is 0 Å². The highest BCUT2D eigenvalue weighted by Gasteiger charge is 2.34. The van der Waals surface area contributed by atoms with E-state index in [0.717, 1.165) is 6.07 Å². The lowest BCUT2D eigenvalue weighted by Crippen LogP contribution is -2.13. The van der Waals surface area contributed by atoms with Crippen molar-refractivity contribution in [3.05, 3.63) is 34.3 Å². The fourth-order valence-electron chi connectivity index (χ4n) is 1.33. The molecule has 1 nitrogen and oxygen atoms in total. The third-order valence-electron chi connectivity index (χ3n) is 1.92. The summed E-state index contributed by atoms with van der Waals surface area (Å²) in [4.78, 5) is 0. The molecule has 0 bridgehead atoms. The van der Waals surface area contributed by atoms with Crippen molar-refractivity contribution in [1.82, 2.24) is 0 Å². The van der Waals surface area contributed by atoms with Crippen molar-refractivity contribution in [3.63, 3.8) is 0 Å². The molecule has 1 aromatic carbocycles. The van der Waals surface area contributed by atoms with E-state index >= 15 is 0 Å². The van der Waals surface area contributed by atoms with Gasteiger partial charge in [-0.2, -0.15) is 13.2 Å². The maximum absolute atomic E-state index is 12.5. The number of halogens is 4. The highest BCUT2D eigenvalue weighted by atomic mass is 35.5. The Morgan fingerprint density at radius 1 is 1.40 bits per heavy atom. The molecule has 1 atom stereocenters. The number of benzene rings is 1. The average molecular weight is 239 g/mol. The molecule has 0 heterocycles. The molecule has 0 aliphatic carbocycles. The minimum absolute atomic E-state index is 0.0331. The Hall–Kier alpha value is -0.740. The van der Waals surface area contributed by atoms with Crippen LogP contribution in [0.15, 0.2) is 18.2 Å². The quantitative estimate of drug-likeness (QED) is 0.838. The van der Waals surface area contributed by atoms with Gasteiger partial charge in [-0.1, -0.05) is 17.7 Å². The summed E-state index contributed by atoms with van der Waals surface area (Å²) in [7, 11) is 0. The molecule has 0 aliphatic heterocycles. The highest BCUT2D eigenvalue weighted by Crippen LogP contribution is 2.35. The normalized spacial score (nSPS) is 14.0. The summed E-state index contributed by atoms with van der Waals surface area (Å²) >= 11 is 5.67. The van der Waals surface area contributed by atoms with E-state index in [1.54, 1.807) is 0 Å². The molecule has 15 heavy (non-hydrogen) atoms. The molecule has 0 saturated carbocycles. The topological polar surface area (TPSA) is 20.2 Å². The van der Waals surface area contributed by atoms with Gasteiger partial charge in [-0.05, 0) is 24.6 Å². The first-order valence-electron chi connectivity index (χ1n) is 4.35. The van der Waals surface area contributed by atoms with Gasteiger partial charge >= 0.3 is 6.18 Å². The van der Waals surface area contributed by atoms with Gasteiger partial charge in [0.2, 0.25) is 0 Å². The van der Waals surface area contributed by atoms with Crippen molar-refractivity contribution in [2.75, 3.05) is 0 Å². The van der Waals surface area contributed by atoms with Gasteiger partial charge in [0.1, 0.15) is 0 Å². The van der Waals surface area contributed by atoms with Crippen LogP contribution in [-0.2, 0) is 12.6 Å². The molecule has 1 N–H and O–H groups in total. The summed E-state index contributed by atoms with van der Waals surface area (Å²) in [6.45, 7) is 1.42. The Morgan fingerprint density at radius 2 is 2.00 bits per heavy atom. The third kappa shape index (κ3) is 3.11. The molecule has 1 aromatic rings. The SMILES string of the molecule is C[C@H](O)Cc1c(Cl)cccc1C(F)(F)F. The van der Waals surface area contributed by atoms with Crippen LogP contribution in [0, 0.1) is 0 Å². The zero-order chi connectivity index (χ0) is 11.6. The van der Waals surface area contributed by atoms with Crippen LogP contribution in [0.4, 0.5) is 13.2 Å². The van der Waals surface area contributed by atoms with E-state index in [1.807, 2.05) is 0 Å². The molecular weight excluding hydrogens is 229 g/mol. The second-order valence-electron chi connectivity index (χ2n) is 3.32. The van der Waals surface area contributed by atoms with Crippen LogP contribution in [0.2, 0.25) is 5.02 Å². The smallest absolute Gasteiger partial charge is 0.393 e. The molecule has 0 fully saturated rings. The fourth-order valence-corrected chi connectivity index (χ4v) is 1.58. The molecule has 0 radical (unpaired) electrons. The van der Waals surface area contributed by atoms with Crippen molar-refractivity contribution >= 4 is 11.6 Å². The van der Waals surface area contributed by atoms with Crippen molar-refractivity contribution in [2.45, 2.75) is 25.6 Å². The molecule has 0 unspecified atom stereocenters. The van der Waals surface area contributed by atoms with Crippen LogP contribution >= 0.6 is 11.6 Å². The Kier molecular flexibility index (Phi) is 3.62. The molecule has 5 heteroatoms. The first kappa shape index (κ1) is 12.3. The van der Waals surface area contributed by atoms with Crippen molar-refractivity contribution in [1.29, 1.82) is 0 Å². The molecular formula is C10H10ClF3O. The molecule has 0 spiro atoms. The van der Waals surface area contributed by atoms with E-state index in [1.165, 1.54) is 19.1 Å². The third-order valence-corrected chi connectivity index (χ3v) is 2.28. The number of aliphatic hydroxyl groups excluding tert-OH is 1. The molecule has 0 amide bonds. The first-order chi connectivity index (χ1) is 6.82. The van der Waals surface area contributed by atoms with E-state index < -0.39 is 17.8 Å². The number of alkyl halides is 3. The minimum Gasteiger partial charge on any atom is -0.393 e. The van der Waals surface area contributed by atoms with Crippen molar-refractivity contribution in [2.24, 2.45) is 0 Å². The number of hydrogen-bond acceptors (Lipinski definition) is 1. The standard InChI is InChI=1S/C10H10ClF3O/c1-6(15)5-7-8(10(12,13)14)3-2-4-9(7)11/h2-4,6,15H,5H2,1H3/t6-/m0/s1. The van der Waals surface area contributed by atoms with E-state index in [9.17, 15) is 13.2 Å². The Balaban J connectivity index is 3.21. The van der Waals surface area contributed by atoms with Crippen LogP contribution in [-0.4, -0.2) is 11.2 Å². The zero-order valence-electron chi connectivity index (χ0n) is 7.98. The predicted molar refractivity (Wildman–Crippen MR) is 51.8 cm³/mol. The number of aliphatic hydroxyl groups is 1. The van der Waals surface area contributed by atoms with Gasteiger partial charge in [-0.25, -0.2) is 0 Å². The predicted octanol–water partition coefficient (Wildman–Crippen LogP) is 3.28. The second kappa shape index (κ2) is 4.41. The van der Waals surface area contributed by atoms with Crippen molar-refractivity contribution in [3.8, 4) is 0 Å². The minimum atomic E-state index is -4.44. The Bertz CT molecular complexity index is 347. The number of hydrogen-bond donors (Lipinski definition) is 1. The van der Waals surface area contributed by atoms with Gasteiger partial charge in [0.15, 0.2) is 0 Å². The lowest BCUT2D eigenvalue weighted by atomic mass is 10.0. The van der Waals surface area contributed by atoms with E-state index in [4.69, 9.17) is 16.7 Å². The average Bonchev–Trinajstić information content (AvgIpc) is 2.05. The monoisotopic (exact) mass is 238 g/mol. The van der Waals surface area contributed by atoms with Gasteiger partial charge in [0.05, 0.1) is 11.7 Å². The number of rotatable bonds is 2. The first-order valence-corrected chi connectivity index (χ1v) is 4.73. The fraction of sp³-hybridized carbons (Fsp3) is 0.400. The summed E-state index contributed by atoms with van der Waals surface area (Å²) in [5.74, 6) is 0. The van der Waals surface area contributed by atoms with Crippen LogP contribution in [0.3, 0.4) is 0 Å². The summed E-state index contributed by atoms with van der Waals surface area (Å²) in [6.07, 6.45) is -5.39. The summed E-state index contributed by atoms with van der Waals surface area (Å²) in [6, 6.07) is 3.59. The van der Waals surface area contributed by atoms with Gasteiger partial charge < -0.3 is 5.11 Å². The Labute approximate surface area is 90.5 Å². The van der Waals surface area contributed by atoms with Gasteiger partial charge in [0.25, 0.3) is 0 Å². The maximum Gasteiger partial charge on any atom is 0.416 e. The van der Waals surface area contributed by atoms with Gasteiger partial charge in [-0.3, -0.25) is 0 Å². The van der Waals surface area contributed by atoms with Gasteiger partial charge in [-0.15, -0.1) is 0 Å². The second-order valence-corrected chi connectivity index (χ2v) is 3.72. The Morgan fingerprint density at radius 3 is 2.47 bits per heavy atom. The van der Waals surface area contributed by atoms with Crippen molar-refractivity contribution < 1.29 is 18.3 Å². The lowest BCUT2D eigenvalue weighted by molar-refractivity contribution is -0.138. The molecule has 1 rings (SSSR count). The molecule has 0 aliphatic rings. The van der Waals surface area contributed by atoms with Crippen LogP contribution in [0.25, 0.3) is 0 Å². The molecule has 84 valence electrons. The van der Waals surface area contributed by atoms with Crippen LogP contribution in [0.1, 0.15) is 18.1 Å². The highest BCUT2D eigenvalue weighted by molar-refractivity contribution is 6.31. The maximum atomic E-state index is 12.5. The lowest BCUT2D eigenvalue weighted by Gasteiger charge is -2.15. The van der Waals surface area contributed by atoms with Crippen LogP contribution in [0.5, 0.6) is 0 Å². The molecule has 0 saturated heterocycles. The van der Waals surface area contributed by atoms with E-state index in [0.29, 0.717) is 0 Å². The molecule has 0 aromatic heterocycles. The largest absolute Gasteiger partial charge is 0.416 e. The summed E-state index contributed by atoms with van der Waals surface area (Å²) in [5.41, 5.74) is -0.836.